The molecule has 2 N–H and O–H groups in total. The first-order valence-corrected chi connectivity index (χ1v) is 7.05. The van der Waals surface area contributed by atoms with E-state index in [4.69, 9.17) is 15.2 Å². The lowest BCUT2D eigenvalue weighted by Gasteiger charge is -2.27. The van der Waals surface area contributed by atoms with Crippen LogP contribution in [0, 0.1) is 0 Å². The van der Waals surface area contributed by atoms with Gasteiger partial charge in [-0.15, -0.1) is 0 Å². The molecule has 110 valence electrons. The highest BCUT2D eigenvalue weighted by molar-refractivity contribution is 5.77. The molecule has 0 saturated carbocycles. The quantitative estimate of drug-likeness (QED) is 0.882. The van der Waals surface area contributed by atoms with Crippen molar-refractivity contribution in [2.45, 2.75) is 19.4 Å². The van der Waals surface area contributed by atoms with Crippen LogP contribution in [0.4, 0.5) is 0 Å². The molecular formula is C15H22N2O3. The highest BCUT2D eigenvalue weighted by Crippen LogP contribution is 2.25. The second-order valence-corrected chi connectivity index (χ2v) is 4.83. The van der Waals surface area contributed by atoms with Gasteiger partial charge >= 0.3 is 0 Å². The Hall–Kier alpha value is -1.59. The first-order valence-electron chi connectivity index (χ1n) is 7.05. The maximum Gasteiger partial charge on any atom is 0.260 e. The van der Waals surface area contributed by atoms with E-state index in [0.717, 1.165) is 12.0 Å². The molecule has 1 heterocycles. The largest absolute Gasteiger partial charge is 0.483 e. The van der Waals surface area contributed by atoms with E-state index in [-0.39, 0.29) is 18.6 Å². The fourth-order valence-electron chi connectivity index (χ4n) is 2.18. The number of morpholine rings is 1. The van der Waals surface area contributed by atoms with Crippen LogP contribution in [-0.2, 0) is 9.53 Å². The minimum absolute atomic E-state index is 0.00632. The summed E-state index contributed by atoms with van der Waals surface area (Å²) in [6, 6.07) is 7.56. The molecule has 20 heavy (non-hydrogen) atoms. The normalized spacial score (nSPS) is 16.8. The predicted molar refractivity (Wildman–Crippen MR) is 76.6 cm³/mol. The van der Waals surface area contributed by atoms with Gasteiger partial charge in [0.15, 0.2) is 6.61 Å². The Morgan fingerprint density at radius 3 is 2.80 bits per heavy atom. The number of benzene rings is 1. The van der Waals surface area contributed by atoms with E-state index in [1.54, 1.807) is 4.90 Å². The third-order valence-electron chi connectivity index (χ3n) is 3.47. The third kappa shape index (κ3) is 3.71. The van der Waals surface area contributed by atoms with Crippen LogP contribution in [0.1, 0.15) is 24.9 Å². The molecule has 1 unspecified atom stereocenters. The Bertz CT molecular complexity index is 444. The summed E-state index contributed by atoms with van der Waals surface area (Å²) in [4.78, 5) is 13.8. The Morgan fingerprint density at radius 2 is 2.10 bits per heavy atom. The van der Waals surface area contributed by atoms with Crippen LogP contribution >= 0.6 is 0 Å². The van der Waals surface area contributed by atoms with Gasteiger partial charge in [0.1, 0.15) is 5.75 Å². The van der Waals surface area contributed by atoms with E-state index in [0.29, 0.717) is 32.1 Å². The molecular weight excluding hydrogens is 256 g/mol. The lowest BCUT2D eigenvalue weighted by Crippen LogP contribution is -2.43. The fourth-order valence-corrected chi connectivity index (χ4v) is 2.18. The molecule has 0 aliphatic carbocycles. The zero-order valence-corrected chi connectivity index (χ0v) is 11.9. The number of hydrogen-bond acceptors (Lipinski definition) is 4. The van der Waals surface area contributed by atoms with Crippen LogP contribution < -0.4 is 10.5 Å². The highest BCUT2D eigenvalue weighted by Gasteiger charge is 2.18. The van der Waals surface area contributed by atoms with Crippen molar-refractivity contribution in [1.82, 2.24) is 4.90 Å². The van der Waals surface area contributed by atoms with Crippen molar-refractivity contribution in [3.8, 4) is 5.75 Å². The molecule has 0 aromatic heterocycles. The van der Waals surface area contributed by atoms with Crippen molar-refractivity contribution in [1.29, 1.82) is 0 Å². The second kappa shape index (κ2) is 7.26. The lowest BCUT2D eigenvalue weighted by atomic mass is 10.0. The van der Waals surface area contributed by atoms with E-state index >= 15 is 0 Å². The zero-order valence-electron chi connectivity index (χ0n) is 11.9. The van der Waals surface area contributed by atoms with E-state index < -0.39 is 0 Å². The van der Waals surface area contributed by atoms with E-state index in [2.05, 4.69) is 0 Å². The van der Waals surface area contributed by atoms with E-state index in [1.165, 1.54) is 0 Å². The Balaban J connectivity index is 1.94. The summed E-state index contributed by atoms with van der Waals surface area (Å²) in [7, 11) is 0. The smallest absolute Gasteiger partial charge is 0.260 e. The van der Waals surface area contributed by atoms with Gasteiger partial charge in [0.05, 0.1) is 13.2 Å². The molecule has 1 amide bonds. The number of rotatable bonds is 5. The van der Waals surface area contributed by atoms with Gasteiger partial charge in [0, 0.05) is 24.7 Å². The topological polar surface area (TPSA) is 64.8 Å². The van der Waals surface area contributed by atoms with Crippen molar-refractivity contribution in [2.75, 3.05) is 32.9 Å². The van der Waals surface area contributed by atoms with Gasteiger partial charge in [0.25, 0.3) is 5.91 Å². The average Bonchev–Trinajstić information content (AvgIpc) is 2.53. The first kappa shape index (κ1) is 14.8. The number of carbonyl (C=O) groups is 1. The van der Waals surface area contributed by atoms with Crippen LogP contribution in [0.3, 0.4) is 0 Å². The van der Waals surface area contributed by atoms with Crippen LogP contribution in [-0.4, -0.2) is 43.7 Å². The first-order chi connectivity index (χ1) is 9.72. The summed E-state index contributed by atoms with van der Waals surface area (Å²) in [6.07, 6.45) is 0.831. The van der Waals surface area contributed by atoms with Crippen molar-refractivity contribution >= 4 is 5.91 Å². The molecule has 5 nitrogen and oxygen atoms in total. The molecule has 1 aromatic rings. The predicted octanol–water partition coefficient (Wildman–Crippen LogP) is 1.33. The van der Waals surface area contributed by atoms with Gasteiger partial charge in [0.2, 0.25) is 0 Å². The number of ether oxygens (including phenoxy) is 2. The van der Waals surface area contributed by atoms with Crippen molar-refractivity contribution in [2.24, 2.45) is 5.73 Å². The van der Waals surface area contributed by atoms with Crippen molar-refractivity contribution in [3.05, 3.63) is 29.8 Å². The molecule has 1 fully saturated rings. The minimum atomic E-state index is -0.0651. The molecule has 1 aromatic carbocycles. The average molecular weight is 278 g/mol. The summed E-state index contributed by atoms with van der Waals surface area (Å²) in [5.74, 6) is 0.691. The Morgan fingerprint density at radius 1 is 1.40 bits per heavy atom. The Kier molecular flexibility index (Phi) is 5.38. The van der Waals surface area contributed by atoms with Gasteiger partial charge in [-0.05, 0) is 12.5 Å². The number of nitrogens with zero attached hydrogens (tertiary/aromatic N) is 1. The molecule has 1 aliphatic rings. The summed E-state index contributed by atoms with van der Waals surface area (Å²) >= 11 is 0. The van der Waals surface area contributed by atoms with E-state index in [1.807, 2.05) is 31.2 Å². The monoisotopic (exact) mass is 278 g/mol. The molecule has 1 aliphatic heterocycles. The number of amides is 1. The number of para-hydroxylation sites is 1. The molecule has 0 bridgehead atoms. The van der Waals surface area contributed by atoms with Crippen LogP contribution in [0.2, 0.25) is 0 Å². The number of hydrogen-bond donors (Lipinski definition) is 1. The Labute approximate surface area is 119 Å². The van der Waals surface area contributed by atoms with Gasteiger partial charge in [-0.25, -0.2) is 0 Å². The van der Waals surface area contributed by atoms with Gasteiger partial charge in [-0.2, -0.15) is 0 Å². The maximum atomic E-state index is 12.0. The third-order valence-corrected chi connectivity index (χ3v) is 3.47. The number of nitrogens with two attached hydrogens (primary N) is 1. The van der Waals surface area contributed by atoms with Gasteiger partial charge in [-0.3, -0.25) is 4.79 Å². The molecule has 0 spiro atoms. The highest BCUT2D eigenvalue weighted by atomic mass is 16.5. The van der Waals surface area contributed by atoms with Crippen molar-refractivity contribution in [3.63, 3.8) is 0 Å². The minimum Gasteiger partial charge on any atom is -0.483 e. The summed E-state index contributed by atoms with van der Waals surface area (Å²) < 4.78 is 10.9. The number of carbonyl (C=O) groups excluding carboxylic acids is 1. The molecule has 0 radical (unpaired) electrons. The summed E-state index contributed by atoms with van der Waals surface area (Å²) in [5.41, 5.74) is 7.00. The second-order valence-electron chi connectivity index (χ2n) is 4.83. The maximum absolute atomic E-state index is 12.0. The lowest BCUT2D eigenvalue weighted by molar-refractivity contribution is -0.137. The van der Waals surface area contributed by atoms with E-state index in [9.17, 15) is 4.79 Å². The van der Waals surface area contributed by atoms with Crippen molar-refractivity contribution < 1.29 is 14.3 Å². The SMILES string of the molecule is CCC(N)c1ccccc1OCC(=O)N1CCOCC1. The van der Waals surface area contributed by atoms with Crippen LogP contribution in [0.5, 0.6) is 5.75 Å². The molecule has 2 rings (SSSR count). The molecule has 1 atom stereocenters. The molecule has 1 saturated heterocycles. The molecule has 5 heteroatoms. The van der Waals surface area contributed by atoms with Gasteiger partial charge < -0.3 is 20.1 Å². The zero-order chi connectivity index (χ0) is 14.4. The summed E-state index contributed by atoms with van der Waals surface area (Å²) in [5, 5.41) is 0. The standard InChI is InChI=1S/C15H22N2O3/c1-2-13(16)12-5-3-4-6-14(12)20-11-15(18)17-7-9-19-10-8-17/h3-6,13H,2,7-11,16H2,1H3. The van der Waals surface area contributed by atoms with Crippen LogP contribution in [0.25, 0.3) is 0 Å². The summed E-state index contributed by atoms with van der Waals surface area (Å²) in [6.45, 7) is 4.55. The van der Waals surface area contributed by atoms with Gasteiger partial charge in [-0.1, -0.05) is 25.1 Å². The van der Waals surface area contributed by atoms with Crippen LogP contribution in [0.15, 0.2) is 24.3 Å². The fraction of sp³-hybridized carbons (Fsp3) is 0.533.